The summed E-state index contributed by atoms with van der Waals surface area (Å²) in [4.78, 5) is 26.5. The lowest BCUT2D eigenvalue weighted by atomic mass is 10.0. The molecule has 0 saturated heterocycles. The number of carbonyl (C=O) groups is 2. The van der Waals surface area contributed by atoms with Crippen molar-refractivity contribution in [3.05, 3.63) is 58.1 Å². The quantitative estimate of drug-likeness (QED) is 0.325. The Morgan fingerprint density at radius 3 is 2.07 bits per heavy atom. The number of rotatable bonds is 10. The van der Waals surface area contributed by atoms with E-state index in [4.69, 9.17) is 9.47 Å². The molecule has 0 amide bonds. The van der Waals surface area contributed by atoms with Crippen LogP contribution in [-0.4, -0.2) is 44.1 Å². The Kier molecular flexibility index (Phi) is 10.5. The van der Waals surface area contributed by atoms with Crippen molar-refractivity contribution in [2.45, 2.75) is 39.4 Å². The maximum absolute atomic E-state index is 12.3. The van der Waals surface area contributed by atoms with Crippen LogP contribution in [0.25, 0.3) is 0 Å². The van der Waals surface area contributed by atoms with Crippen molar-refractivity contribution in [3.63, 3.8) is 0 Å². The fourth-order valence-electron chi connectivity index (χ4n) is 2.30. The predicted octanol–water partition coefficient (Wildman–Crippen LogP) is 4.50. The van der Waals surface area contributed by atoms with Gasteiger partial charge in [-0.1, -0.05) is 38.1 Å². The molecule has 1 aromatic carbocycles. The van der Waals surface area contributed by atoms with Gasteiger partial charge in [-0.25, -0.2) is 9.59 Å². The van der Waals surface area contributed by atoms with Crippen LogP contribution in [0.15, 0.2) is 47.0 Å². The molecule has 0 spiro atoms. The summed E-state index contributed by atoms with van der Waals surface area (Å²) in [6.45, 7) is 8.42. The van der Waals surface area contributed by atoms with Crippen LogP contribution in [0.2, 0.25) is 0 Å². The number of allylic oxidation sites excluding steroid dienone is 2. The highest BCUT2D eigenvalue weighted by molar-refractivity contribution is 8.03. The number of hydrogen-bond acceptors (Lipinski definition) is 6. The first-order valence-corrected chi connectivity index (χ1v) is 10.4. The maximum atomic E-state index is 12.3. The first-order chi connectivity index (χ1) is 13.3. The molecular formula is C22H31NO4S. The standard InChI is InChI=1S/C22H31NO4S/c1-7-26-21(24)19(23(5)6)13-14-20(22(25)27-8-2)28-15-17-9-11-18(12-10-17)16(3)4/h9-14,16H,7-8,15H2,1-6H3/b19-13-,20-14-. The highest BCUT2D eigenvalue weighted by Gasteiger charge is 2.15. The lowest BCUT2D eigenvalue weighted by molar-refractivity contribution is -0.140. The molecule has 0 fully saturated rings. The minimum atomic E-state index is -0.429. The molecule has 1 rings (SSSR count). The van der Waals surface area contributed by atoms with E-state index in [9.17, 15) is 9.59 Å². The Labute approximate surface area is 172 Å². The molecule has 0 aliphatic heterocycles. The largest absolute Gasteiger partial charge is 0.462 e. The second kappa shape index (κ2) is 12.3. The number of benzene rings is 1. The summed E-state index contributed by atoms with van der Waals surface area (Å²) in [5.41, 5.74) is 2.76. The Morgan fingerprint density at radius 2 is 1.57 bits per heavy atom. The van der Waals surface area contributed by atoms with Crippen LogP contribution in [0.3, 0.4) is 0 Å². The van der Waals surface area contributed by atoms with Crippen molar-refractivity contribution in [3.8, 4) is 0 Å². The molecule has 0 radical (unpaired) electrons. The number of esters is 2. The molecule has 5 nitrogen and oxygen atoms in total. The normalized spacial score (nSPS) is 12.1. The van der Waals surface area contributed by atoms with E-state index in [1.54, 1.807) is 45.0 Å². The van der Waals surface area contributed by atoms with E-state index >= 15 is 0 Å². The van der Waals surface area contributed by atoms with E-state index in [1.807, 2.05) is 0 Å². The van der Waals surface area contributed by atoms with Gasteiger partial charge in [0, 0.05) is 19.8 Å². The van der Waals surface area contributed by atoms with Gasteiger partial charge in [-0.05, 0) is 43.0 Å². The molecule has 0 heterocycles. The fourth-order valence-corrected chi connectivity index (χ4v) is 3.15. The molecule has 0 atom stereocenters. The van der Waals surface area contributed by atoms with Crippen molar-refractivity contribution >= 4 is 23.7 Å². The highest BCUT2D eigenvalue weighted by Crippen LogP contribution is 2.24. The molecule has 0 bridgehead atoms. The smallest absolute Gasteiger partial charge is 0.354 e. The van der Waals surface area contributed by atoms with Crippen molar-refractivity contribution in [1.29, 1.82) is 0 Å². The van der Waals surface area contributed by atoms with Gasteiger partial charge in [-0.2, -0.15) is 0 Å². The molecule has 0 aromatic heterocycles. The third-order valence-corrected chi connectivity index (χ3v) is 4.97. The topological polar surface area (TPSA) is 55.8 Å². The highest BCUT2D eigenvalue weighted by atomic mass is 32.2. The van der Waals surface area contributed by atoms with Crippen molar-refractivity contribution in [2.24, 2.45) is 0 Å². The summed E-state index contributed by atoms with van der Waals surface area (Å²) in [5.74, 6) is 0.285. The fraction of sp³-hybridized carbons (Fsp3) is 0.455. The SMILES string of the molecule is CCOC(=O)/C(=C/C=C(/C(=O)OCC)N(C)C)SCc1ccc(C(C)C)cc1. The lowest BCUT2D eigenvalue weighted by Gasteiger charge is -2.15. The van der Waals surface area contributed by atoms with Gasteiger partial charge in [0.15, 0.2) is 0 Å². The van der Waals surface area contributed by atoms with Crippen LogP contribution < -0.4 is 0 Å². The zero-order chi connectivity index (χ0) is 21.1. The van der Waals surface area contributed by atoms with Crippen LogP contribution in [-0.2, 0) is 24.8 Å². The van der Waals surface area contributed by atoms with E-state index in [0.29, 0.717) is 35.5 Å². The van der Waals surface area contributed by atoms with Crippen molar-refractivity contribution in [2.75, 3.05) is 27.3 Å². The third kappa shape index (κ3) is 7.80. The van der Waals surface area contributed by atoms with Gasteiger partial charge in [0.25, 0.3) is 0 Å². The van der Waals surface area contributed by atoms with Crippen LogP contribution in [0.5, 0.6) is 0 Å². The van der Waals surface area contributed by atoms with Gasteiger partial charge in [0.2, 0.25) is 0 Å². The summed E-state index contributed by atoms with van der Waals surface area (Å²) in [7, 11) is 3.51. The summed E-state index contributed by atoms with van der Waals surface area (Å²) < 4.78 is 10.2. The first-order valence-electron chi connectivity index (χ1n) is 9.45. The van der Waals surface area contributed by atoms with Crippen LogP contribution in [0, 0.1) is 0 Å². The molecule has 0 saturated carbocycles. The van der Waals surface area contributed by atoms with Crippen molar-refractivity contribution in [1.82, 2.24) is 4.90 Å². The van der Waals surface area contributed by atoms with Gasteiger partial charge >= 0.3 is 11.9 Å². The van der Waals surface area contributed by atoms with Crippen LogP contribution in [0.1, 0.15) is 44.7 Å². The molecule has 0 aliphatic rings. The maximum Gasteiger partial charge on any atom is 0.354 e. The zero-order valence-corrected chi connectivity index (χ0v) is 18.5. The lowest BCUT2D eigenvalue weighted by Crippen LogP contribution is -2.21. The Balaban J connectivity index is 3.01. The number of thioether (sulfide) groups is 1. The van der Waals surface area contributed by atoms with E-state index < -0.39 is 11.9 Å². The van der Waals surface area contributed by atoms with E-state index in [-0.39, 0.29) is 0 Å². The van der Waals surface area contributed by atoms with Crippen LogP contribution in [0.4, 0.5) is 0 Å². The summed E-state index contributed by atoms with van der Waals surface area (Å²) >= 11 is 1.39. The average molecular weight is 406 g/mol. The Bertz CT molecular complexity index is 706. The molecule has 154 valence electrons. The molecule has 6 heteroatoms. The minimum Gasteiger partial charge on any atom is -0.462 e. The Hall–Kier alpha value is -2.21. The second-order valence-corrected chi connectivity index (χ2v) is 7.62. The van der Waals surface area contributed by atoms with E-state index in [0.717, 1.165) is 5.56 Å². The summed E-state index contributed by atoms with van der Waals surface area (Å²) in [6, 6.07) is 8.37. The number of carbonyl (C=O) groups excluding carboxylic acids is 2. The van der Waals surface area contributed by atoms with Gasteiger partial charge in [0.1, 0.15) is 5.70 Å². The minimum absolute atomic E-state index is 0.291. The second-order valence-electron chi connectivity index (χ2n) is 6.60. The molecule has 1 aromatic rings. The van der Waals surface area contributed by atoms with E-state index in [1.165, 1.54) is 17.3 Å². The predicted molar refractivity (Wildman–Crippen MR) is 115 cm³/mol. The summed E-state index contributed by atoms with van der Waals surface area (Å²) in [5, 5.41) is 0. The first kappa shape index (κ1) is 23.8. The molecular weight excluding hydrogens is 374 g/mol. The Morgan fingerprint density at radius 1 is 1.00 bits per heavy atom. The number of ether oxygens (including phenoxy) is 2. The van der Waals surface area contributed by atoms with Gasteiger partial charge in [0.05, 0.1) is 18.1 Å². The molecule has 28 heavy (non-hydrogen) atoms. The third-order valence-electron chi connectivity index (χ3n) is 3.88. The zero-order valence-electron chi connectivity index (χ0n) is 17.7. The van der Waals surface area contributed by atoms with Gasteiger partial charge in [-0.15, -0.1) is 11.8 Å². The number of likely N-dealkylation sites (N-methyl/N-ethyl adjacent to an activating group) is 1. The number of nitrogens with zero attached hydrogens (tertiary/aromatic N) is 1. The summed E-state index contributed by atoms with van der Waals surface area (Å²) in [6.07, 6.45) is 3.22. The van der Waals surface area contributed by atoms with Crippen molar-refractivity contribution < 1.29 is 19.1 Å². The molecule has 0 N–H and O–H groups in total. The molecule has 0 aliphatic carbocycles. The number of hydrogen-bond donors (Lipinski definition) is 0. The average Bonchev–Trinajstić information content (AvgIpc) is 2.64. The molecule has 0 unspecified atom stereocenters. The van der Waals surface area contributed by atoms with Crippen LogP contribution >= 0.6 is 11.8 Å². The van der Waals surface area contributed by atoms with E-state index in [2.05, 4.69) is 38.1 Å². The van der Waals surface area contributed by atoms with Gasteiger partial charge in [-0.3, -0.25) is 0 Å². The van der Waals surface area contributed by atoms with Gasteiger partial charge < -0.3 is 14.4 Å². The monoisotopic (exact) mass is 405 g/mol.